The highest BCUT2D eigenvalue weighted by atomic mass is 16.2. The minimum Gasteiger partial charge on any atom is -0.396 e. The van der Waals surface area contributed by atoms with Crippen molar-refractivity contribution in [2.24, 2.45) is 0 Å². The smallest absolute Gasteiger partial charge is 0.272 e. The van der Waals surface area contributed by atoms with Gasteiger partial charge in [0.15, 0.2) is 0 Å². The van der Waals surface area contributed by atoms with Crippen LogP contribution in [0, 0.1) is 0 Å². The number of rotatable bonds is 1. The van der Waals surface area contributed by atoms with Gasteiger partial charge in [-0.05, 0) is 12.1 Å². The Labute approximate surface area is 93.6 Å². The topological polar surface area (TPSA) is 97.3 Å². The average Bonchev–Trinajstić information content (AvgIpc) is 2.33. The molecule has 86 valence electrons. The number of nitrogens with one attached hydrogen (secondary N) is 1. The second-order valence-corrected chi connectivity index (χ2v) is 3.71. The number of pyridine rings is 1. The van der Waals surface area contributed by atoms with Crippen LogP contribution in [0.4, 0.5) is 11.5 Å². The van der Waals surface area contributed by atoms with Crippen molar-refractivity contribution in [3.8, 4) is 0 Å². The Balaban J connectivity index is 2.16. The first-order valence-corrected chi connectivity index (χ1v) is 5.20. The SMILES string of the molecule is Nc1ccc(C(=O)N2CCNCC2)nc1N. The van der Waals surface area contributed by atoms with E-state index in [1.54, 1.807) is 17.0 Å². The van der Waals surface area contributed by atoms with Crippen molar-refractivity contribution in [3.05, 3.63) is 17.8 Å². The molecule has 5 N–H and O–H groups in total. The van der Waals surface area contributed by atoms with Crippen molar-refractivity contribution < 1.29 is 4.79 Å². The van der Waals surface area contributed by atoms with E-state index < -0.39 is 0 Å². The first-order chi connectivity index (χ1) is 7.68. The van der Waals surface area contributed by atoms with Gasteiger partial charge in [0.25, 0.3) is 5.91 Å². The van der Waals surface area contributed by atoms with E-state index in [-0.39, 0.29) is 11.7 Å². The third-order valence-corrected chi connectivity index (χ3v) is 2.58. The minimum atomic E-state index is -0.0896. The number of anilines is 2. The van der Waals surface area contributed by atoms with E-state index >= 15 is 0 Å². The summed E-state index contributed by atoms with van der Waals surface area (Å²) in [5, 5.41) is 3.18. The van der Waals surface area contributed by atoms with Crippen molar-refractivity contribution in [2.45, 2.75) is 0 Å². The fourth-order valence-electron chi connectivity index (χ4n) is 1.63. The number of carbonyl (C=O) groups excluding carboxylic acids is 1. The van der Waals surface area contributed by atoms with Gasteiger partial charge in [-0.3, -0.25) is 4.79 Å². The van der Waals surface area contributed by atoms with Crippen LogP contribution >= 0.6 is 0 Å². The molecule has 0 radical (unpaired) electrons. The van der Waals surface area contributed by atoms with Crippen LogP contribution in [0.3, 0.4) is 0 Å². The third-order valence-electron chi connectivity index (χ3n) is 2.58. The third kappa shape index (κ3) is 2.06. The predicted molar refractivity (Wildman–Crippen MR) is 61.8 cm³/mol. The molecule has 0 bridgehead atoms. The van der Waals surface area contributed by atoms with Gasteiger partial charge in [-0.1, -0.05) is 0 Å². The Bertz CT molecular complexity index is 400. The maximum absolute atomic E-state index is 12.0. The molecule has 1 saturated heterocycles. The molecule has 0 saturated carbocycles. The summed E-state index contributed by atoms with van der Waals surface area (Å²) in [6, 6.07) is 3.22. The lowest BCUT2D eigenvalue weighted by atomic mass is 10.2. The summed E-state index contributed by atoms with van der Waals surface area (Å²) in [5.41, 5.74) is 11.9. The Morgan fingerprint density at radius 1 is 1.31 bits per heavy atom. The van der Waals surface area contributed by atoms with E-state index in [1.807, 2.05) is 0 Å². The number of piperazine rings is 1. The van der Waals surface area contributed by atoms with Gasteiger partial charge in [0.1, 0.15) is 11.5 Å². The van der Waals surface area contributed by atoms with Crippen LogP contribution in [0.1, 0.15) is 10.5 Å². The standard InChI is InChI=1S/C10H15N5O/c11-7-1-2-8(14-9(7)12)10(16)15-5-3-13-4-6-15/h1-2,13H,3-6,11H2,(H2,12,14). The molecule has 2 heterocycles. The number of hydrogen-bond donors (Lipinski definition) is 3. The van der Waals surface area contributed by atoms with E-state index in [2.05, 4.69) is 10.3 Å². The first-order valence-electron chi connectivity index (χ1n) is 5.20. The molecule has 0 spiro atoms. The van der Waals surface area contributed by atoms with Crippen molar-refractivity contribution in [3.63, 3.8) is 0 Å². The minimum absolute atomic E-state index is 0.0896. The number of hydrogen-bond acceptors (Lipinski definition) is 5. The Hall–Kier alpha value is -1.82. The molecule has 2 rings (SSSR count). The lowest BCUT2D eigenvalue weighted by Crippen LogP contribution is -2.46. The van der Waals surface area contributed by atoms with E-state index in [9.17, 15) is 4.79 Å². The van der Waals surface area contributed by atoms with Crippen molar-refractivity contribution in [2.75, 3.05) is 37.6 Å². The van der Waals surface area contributed by atoms with Crippen LogP contribution in [-0.2, 0) is 0 Å². The second kappa shape index (κ2) is 4.36. The number of nitrogen functional groups attached to an aromatic ring is 2. The highest BCUT2D eigenvalue weighted by molar-refractivity contribution is 5.93. The summed E-state index contributed by atoms with van der Waals surface area (Å²) in [7, 11) is 0. The zero-order valence-corrected chi connectivity index (χ0v) is 8.94. The van der Waals surface area contributed by atoms with Gasteiger partial charge in [-0.2, -0.15) is 0 Å². The molecule has 1 aromatic heterocycles. The zero-order chi connectivity index (χ0) is 11.5. The van der Waals surface area contributed by atoms with E-state index in [0.717, 1.165) is 13.1 Å². The Morgan fingerprint density at radius 2 is 2.00 bits per heavy atom. The van der Waals surface area contributed by atoms with Gasteiger partial charge in [0, 0.05) is 26.2 Å². The molecule has 1 aromatic rings. The van der Waals surface area contributed by atoms with Crippen molar-refractivity contribution in [1.82, 2.24) is 15.2 Å². The first kappa shape index (κ1) is 10.7. The average molecular weight is 221 g/mol. The molecule has 0 aliphatic carbocycles. The zero-order valence-electron chi connectivity index (χ0n) is 8.94. The van der Waals surface area contributed by atoms with Crippen LogP contribution < -0.4 is 16.8 Å². The van der Waals surface area contributed by atoms with Gasteiger partial charge in [0.2, 0.25) is 0 Å². The van der Waals surface area contributed by atoms with Gasteiger partial charge in [-0.25, -0.2) is 4.98 Å². The Morgan fingerprint density at radius 3 is 2.62 bits per heavy atom. The number of carbonyl (C=O) groups is 1. The van der Waals surface area contributed by atoms with Crippen LogP contribution in [-0.4, -0.2) is 42.0 Å². The molecule has 6 nitrogen and oxygen atoms in total. The molecule has 1 amide bonds. The molecule has 0 unspecified atom stereocenters. The summed E-state index contributed by atoms with van der Waals surface area (Å²) < 4.78 is 0. The Kier molecular flexibility index (Phi) is 2.91. The molecular formula is C10H15N5O. The van der Waals surface area contributed by atoms with E-state index in [0.29, 0.717) is 24.5 Å². The van der Waals surface area contributed by atoms with Gasteiger partial charge < -0.3 is 21.7 Å². The molecule has 0 atom stereocenters. The van der Waals surface area contributed by atoms with Gasteiger partial charge >= 0.3 is 0 Å². The summed E-state index contributed by atoms with van der Waals surface area (Å²) in [4.78, 5) is 17.7. The molecule has 1 aliphatic rings. The fourth-order valence-corrected chi connectivity index (χ4v) is 1.63. The fraction of sp³-hybridized carbons (Fsp3) is 0.400. The van der Waals surface area contributed by atoms with Crippen molar-refractivity contribution >= 4 is 17.4 Å². The quantitative estimate of drug-likeness (QED) is 0.582. The van der Waals surface area contributed by atoms with Crippen LogP contribution in [0.25, 0.3) is 0 Å². The maximum Gasteiger partial charge on any atom is 0.272 e. The molecule has 6 heteroatoms. The predicted octanol–water partition coefficient (Wildman–Crippen LogP) is -0.709. The van der Waals surface area contributed by atoms with Crippen LogP contribution in [0.2, 0.25) is 0 Å². The number of nitrogens with two attached hydrogens (primary N) is 2. The second-order valence-electron chi connectivity index (χ2n) is 3.71. The monoisotopic (exact) mass is 221 g/mol. The summed E-state index contributed by atoms with van der Waals surface area (Å²) in [6.07, 6.45) is 0. The number of nitrogens with zero attached hydrogens (tertiary/aromatic N) is 2. The number of amides is 1. The van der Waals surface area contributed by atoms with E-state index in [4.69, 9.17) is 11.5 Å². The van der Waals surface area contributed by atoms with Gasteiger partial charge in [0.05, 0.1) is 5.69 Å². The largest absolute Gasteiger partial charge is 0.396 e. The highest BCUT2D eigenvalue weighted by Crippen LogP contribution is 2.13. The highest BCUT2D eigenvalue weighted by Gasteiger charge is 2.19. The summed E-state index contributed by atoms with van der Waals surface area (Å²) in [5.74, 6) is 0.120. The molecule has 0 aromatic carbocycles. The normalized spacial score (nSPS) is 16.1. The molecule has 1 aliphatic heterocycles. The molecule has 16 heavy (non-hydrogen) atoms. The van der Waals surface area contributed by atoms with Crippen LogP contribution in [0.5, 0.6) is 0 Å². The van der Waals surface area contributed by atoms with Crippen molar-refractivity contribution in [1.29, 1.82) is 0 Å². The van der Waals surface area contributed by atoms with Crippen LogP contribution in [0.15, 0.2) is 12.1 Å². The summed E-state index contributed by atoms with van der Waals surface area (Å²) >= 11 is 0. The summed E-state index contributed by atoms with van der Waals surface area (Å²) in [6.45, 7) is 3.03. The lowest BCUT2D eigenvalue weighted by molar-refractivity contribution is 0.0730. The van der Waals surface area contributed by atoms with Gasteiger partial charge in [-0.15, -0.1) is 0 Å². The molecular weight excluding hydrogens is 206 g/mol. The maximum atomic E-state index is 12.0. The molecule has 1 fully saturated rings. The lowest BCUT2D eigenvalue weighted by Gasteiger charge is -2.27. The number of aromatic nitrogens is 1. The van der Waals surface area contributed by atoms with E-state index in [1.165, 1.54) is 0 Å².